The molecule has 0 aromatic heterocycles. The summed E-state index contributed by atoms with van der Waals surface area (Å²) in [6.45, 7) is 0.682. The van der Waals surface area contributed by atoms with Crippen LogP contribution in [0, 0.1) is 11.8 Å². The molecule has 6 nitrogen and oxygen atoms in total. The van der Waals surface area contributed by atoms with Crippen LogP contribution in [0.2, 0.25) is 0 Å². The molecule has 1 amide bonds. The molecule has 1 aliphatic carbocycles. The van der Waals surface area contributed by atoms with Crippen LogP contribution in [-0.4, -0.2) is 30.7 Å². The Bertz CT molecular complexity index is 770. The van der Waals surface area contributed by atoms with E-state index in [4.69, 9.17) is 14.6 Å². The number of anilines is 1. The van der Waals surface area contributed by atoms with E-state index in [1.54, 1.807) is 31.4 Å². The molecule has 2 unspecified atom stereocenters. The summed E-state index contributed by atoms with van der Waals surface area (Å²) in [4.78, 5) is 22.8. The van der Waals surface area contributed by atoms with Gasteiger partial charge in [0.2, 0.25) is 5.91 Å². The van der Waals surface area contributed by atoms with Gasteiger partial charge in [0.1, 0.15) is 11.5 Å². The minimum atomic E-state index is -0.915. The topological polar surface area (TPSA) is 84.9 Å². The van der Waals surface area contributed by atoms with Gasteiger partial charge >= 0.3 is 5.97 Å². The third kappa shape index (κ3) is 4.61. The van der Waals surface area contributed by atoms with Gasteiger partial charge in [0, 0.05) is 12.8 Å². The van der Waals surface area contributed by atoms with Crippen molar-refractivity contribution in [2.45, 2.75) is 12.8 Å². The molecule has 2 atom stereocenters. The van der Waals surface area contributed by atoms with Crippen LogP contribution >= 0.6 is 0 Å². The van der Waals surface area contributed by atoms with Crippen LogP contribution in [0.5, 0.6) is 11.5 Å². The minimum absolute atomic E-state index is 0.252. The largest absolute Gasteiger partial charge is 0.481 e. The molecule has 0 aliphatic heterocycles. The fourth-order valence-electron chi connectivity index (χ4n) is 2.68. The molecule has 26 heavy (non-hydrogen) atoms. The Hall–Kier alpha value is -2.86. The fourth-order valence-corrected chi connectivity index (χ4v) is 2.68. The van der Waals surface area contributed by atoms with Gasteiger partial charge in [-0.2, -0.15) is 0 Å². The Labute approximate surface area is 151 Å². The summed E-state index contributed by atoms with van der Waals surface area (Å²) in [6.07, 6.45) is 1.26. The second-order valence-electron chi connectivity index (χ2n) is 6.29. The number of carbonyl (C=O) groups excluding carboxylic acids is 1. The number of ether oxygens (including phenoxy) is 2. The van der Waals surface area contributed by atoms with Crippen molar-refractivity contribution in [3.63, 3.8) is 0 Å². The summed E-state index contributed by atoms with van der Waals surface area (Å²) < 4.78 is 10.8. The third-order valence-electron chi connectivity index (χ3n) is 4.32. The lowest BCUT2D eigenvalue weighted by atomic mass is 10.1. The molecule has 0 spiro atoms. The van der Waals surface area contributed by atoms with Crippen molar-refractivity contribution in [1.29, 1.82) is 0 Å². The minimum Gasteiger partial charge on any atom is -0.481 e. The maximum absolute atomic E-state index is 12.0. The molecule has 2 aromatic rings. The highest BCUT2D eigenvalue weighted by Gasteiger charge is 2.48. The number of nitrogens with one attached hydrogen (secondary N) is 1. The number of rotatable bonds is 8. The van der Waals surface area contributed by atoms with Gasteiger partial charge in [-0.05, 0) is 54.8 Å². The van der Waals surface area contributed by atoms with E-state index in [0.717, 1.165) is 12.2 Å². The van der Waals surface area contributed by atoms with Crippen molar-refractivity contribution in [2.24, 2.45) is 11.8 Å². The lowest BCUT2D eigenvalue weighted by Crippen LogP contribution is -2.16. The molecule has 0 radical (unpaired) electrons. The molecular weight excluding hydrogens is 334 g/mol. The molecule has 1 saturated carbocycles. The van der Waals surface area contributed by atoms with E-state index in [9.17, 15) is 9.59 Å². The Balaban J connectivity index is 1.53. The zero-order chi connectivity index (χ0) is 18.5. The quantitative estimate of drug-likeness (QED) is 0.759. The van der Waals surface area contributed by atoms with E-state index < -0.39 is 17.8 Å². The van der Waals surface area contributed by atoms with E-state index in [2.05, 4.69) is 5.32 Å². The van der Waals surface area contributed by atoms with Gasteiger partial charge in [0.25, 0.3) is 0 Å². The van der Waals surface area contributed by atoms with Gasteiger partial charge < -0.3 is 19.9 Å². The predicted molar refractivity (Wildman–Crippen MR) is 96.4 cm³/mol. The average Bonchev–Trinajstić information content (AvgIpc) is 3.44. The first-order chi connectivity index (χ1) is 12.6. The second-order valence-corrected chi connectivity index (χ2v) is 6.29. The van der Waals surface area contributed by atoms with E-state index in [0.29, 0.717) is 24.5 Å². The lowest BCUT2D eigenvalue weighted by molar-refractivity contribution is -0.139. The van der Waals surface area contributed by atoms with Gasteiger partial charge in [0.05, 0.1) is 18.4 Å². The van der Waals surface area contributed by atoms with E-state index in [1.807, 2.05) is 24.3 Å². The first-order valence-electron chi connectivity index (χ1n) is 8.46. The zero-order valence-corrected chi connectivity index (χ0v) is 14.5. The van der Waals surface area contributed by atoms with Crippen LogP contribution in [0.25, 0.3) is 0 Å². The summed E-state index contributed by atoms with van der Waals surface area (Å²) >= 11 is 0. The normalized spacial score (nSPS) is 18.2. The number of benzene rings is 2. The van der Waals surface area contributed by atoms with Crippen molar-refractivity contribution in [2.75, 3.05) is 19.0 Å². The van der Waals surface area contributed by atoms with E-state index >= 15 is 0 Å². The van der Waals surface area contributed by atoms with Crippen LogP contribution in [0.1, 0.15) is 12.0 Å². The van der Waals surface area contributed by atoms with Crippen molar-refractivity contribution >= 4 is 17.6 Å². The number of hydrogen-bond donors (Lipinski definition) is 2. The molecule has 2 aromatic carbocycles. The Morgan fingerprint density at radius 1 is 1.04 bits per heavy atom. The van der Waals surface area contributed by atoms with Gasteiger partial charge in [-0.1, -0.05) is 12.1 Å². The number of hydrogen-bond acceptors (Lipinski definition) is 4. The smallest absolute Gasteiger partial charge is 0.307 e. The summed E-state index contributed by atoms with van der Waals surface area (Å²) in [6, 6.07) is 14.8. The Kier molecular flexibility index (Phi) is 5.53. The molecular formula is C20H21NO5. The summed E-state index contributed by atoms with van der Waals surface area (Å²) in [5.41, 5.74) is 1.80. The average molecular weight is 355 g/mol. The molecule has 1 fully saturated rings. The molecule has 0 saturated heterocycles. The number of carboxylic acid groups (broad SMARTS) is 1. The van der Waals surface area contributed by atoms with Gasteiger partial charge in [-0.15, -0.1) is 0 Å². The highest BCUT2D eigenvalue weighted by molar-refractivity contribution is 5.98. The summed E-state index contributed by atoms with van der Waals surface area (Å²) in [5, 5.41) is 11.6. The van der Waals surface area contributed by atoms with Gasteiger partial charge in [0.15, 0.2) is 0 Å². The van der Waals surface area contributed by atoms with Gasteiger partial charge in [-0.25, -0.2) is 0 Å². The Morgan fingerprint density at radius 2 is 1.65 bits per heavy atom. The molecule has 136 valence electrons. The van der Waals surface area contributed by atoms with Gasteiger partial charge in [-0.3, -0.25) is 9.59 Å². The molecule has 1 aliphatic rings. The summed E-state index contributed by atoms with van der Waals surface area (Å²) in [5.74, 6) is -0.767. The van der Waals surface area contributed by atoms with Crippen LogP contribution in [0.3, 0.4) is 0 Å². The zero-order valence-electron chi connectivity index (χ0n) is 14.5. The van der Waals surface area contributed by atoms with Crippen molar-refractivity contribution < 1.29 is 24.2 Å². The molecule has 0 heterocycles. The fraction of sp³-hybridized carbons (Fsp3) is 0.300. The standard InChI is InChI=1S/C20H21NO5/c1-25-11-10-13-2-6-15(7-3-13)26-16-8-4-14(5-9-16)21-19(22)17-12-18(17)20(23)24/h2-9,17-18H,10-12H2,1H3,(H,21,22)(H,23,24). The third-order valence-corrected chi connectivity index (χ3v) is 4.32. The molecule has 0 bridgehead atoms. The number of methoxy groups -OCH3 is 1. The molecule has 6 heteroatoms. The number of carboxylic acids is 1. The maximum Gasteiger partial charge on any atom is 0.307 e. The van der Waals surface area contributed by atoms with Crippen LogP contribution in [0.4, 0.5) is 5.69 Å². The first-order valence-corrected chi connectivity index (χ1v) is 8.46. The first kappa shape index (κ1) is 17.9. The highest BCUT2D eigenvalue weighted by atomic mass is 16.5. The van der Waals surface area contributed by atoms with E-state index in [-0.39, 0.29) is 5.91 Å². The highest BCUT2D eigenvalue weighted by Crippen LogP contribution is 2.39. The lowest BCUT2D eigenvalue weighted by Gasteiger charge is -2.09. The van der Waals surface area contributed by atoms with Crippen LogP contribution < -0.4 is 10.1 Å². The monoisotopic (exact) mass is 355 g/mol. The number of amides is 1. The van der Waals surface area contributed by atoms with Crippen molar-refractivity contribution in [3.05, 3.63) is 54.1 Å². The predicted octanol–water partition coefficient (Wildman–Crippen LogP) is 3.33. The molecule has 3 rings (SSSR count). The number of aliphatic carboxylic acids is 1. The van der Waals surface area contributed by atoms with Crippen LogP contribution in [-0.2, 0) is 20.7 Å². The summed E-state index contributed by atoms with van der Waals surface area (Å²) in [7, 11) is 1.68. The Morgan fingerprint density at radius 3 is 2.19 bits per heavy atom. The SMILES string of the molecule is COCCc1ccc(Oc2ccc(NC(=O)C3CC3C(=O)O)cc2)cc1. The van der Waals surface area contributed by atoms with Crippen molar-refractivity contribution in [1.82, 2.24) is 0 Å². The molecule has 2 N–H and O–H groups in total. The maximum atomic E-state index is 12.0. The van der Waals surface area contributed by atoms with Crippen molar-refractivity contribution in [3.8, 4) is 11.5 Å². The second kappa shape index (κ2) is 8.01. The van der Waals surface area contributed by atoms with E-state index in [1.165, 1.54) is 5.56 Å². The number of carbonyl (C=O) groups is 2. The van der Waals surface area contributed by atoms with Crippen LogP contribution in [0.15, 0.2) is 48.5 Å².